The lowest BCUT2D eigenvalue weighted by Crippen LogP contribution is -2.65. The Kier molecular flexibility index (Phi) is 18.1. The Morgan fingerprint density at radius 3 is 1.83 bits per heavy atom. The molecule has 6 amide bonds. The number of primary amides is 1. The number of hydrogen-bond donors (Lipinski definition) is 10. The van der Waals surface area contributed by atoms with Gasteiger partial charge in [-0.3, -0.25) is 28.8 Å². The van der Waals surface area contributed by atoms with Crippen LogP contribution >= 0.6 is 0 Å². The van der Waals surface area contributed by atoms with Crippen LogP contribution in [0.5, 0.6) is 0 Å². The second-order valence-electron chi connectivity index (χ2n) is 18.6. The largest absolute Gasteiger partial charge is 0.497 e. The van der Waals surface area contributed by atoms with Crippen LogP contribution in [-0.4, -0.2) is 97.7 Å². The minimum absolute atomic E-state index is 0.0818. The molecule has 1 aliphatic heterocycles. The van der Waals surface area contributed by atoms with Crippen LogP contribution in [0.2, 0.25) is 0 Å². The monoisotopic (exact) mass is 903 g/mol. The van der Waals surface area contributed by atoms with Crippen molar-refractivity contribution in [1.82, 2.24) is 26.6 Å². The van der Waals surface area contributed by atoms with Gasteiger partial charge >= 0.3 is 7.12 Å². The smallest absolute Gasteiger partial charge is 0.403 e. The number of nitrogens with two attached hydrogens (primary N) is 5. The Morgan fingerprint density at radius 2 is 1.26 bits per heavy atom. The molecule has 2 bridgehead atoms. The third-order valence-corrected chi connectivity index (χ3v) is 13.6. The summed E-state index contributed by atoms with van der Waals surface area (Å²) in [5.41, 5.74) is 32.4. The van der Waals surface area contributed by atoms with E-state index in [-0.39, 0.29) is 30.3 Å². The van der Waals surface area contributed by atoms with Crippen molar-refractivity contribution in [2.45, 2.75) is 147 Å². The van der Waals surface area contributed by atoms with Gasteiger partial charge in [0.25, 0.3) is 11.8 Å². The molecule has 0 aromatic heterocycles. The van der Waals surface area contributed by atoms with Crippen LogP contribution in [-0.2, 0) is 39.7 Å². The number of amides is 6. The van der Waals surface area contributed by atoms with Crippen molar-refractivity contribution in [3.63, 3.8) is 0 Å². The van der Waals surface area contributed by atoms with Gasteiger partial charge in [-0.05, 0) is 130 Å². The number of unbranched alkanes of at least 4 members (excludes halogenated alkanes) is 3. The van der Waals surface area contributed by atoms with Gasteiger partial charge in [-0.2, -0.15) is 0 Å². The Bertz CT molecular complexity index is 1970. The molecule has 3 aliphatic carbocycles. The molecule has 3 saturated carbocycles. The van der Waals surface area contributed by atoms with E-state index in [1.165, 1.54) is 5.56 Å². The number of hydrogen-bond acceptors (Lipinski definition) is 12. The van der Waals surface area contributed by atoms with Gasteiger partial charge in [-0.1, -0.05) is 63.6 Å². The van der Waals surface area contributed by atoms with E-state index in [1.807, 2.05) is 19.1 Å². The first kappa shape index (κ1) is 51.1. The first-order valence-corrected chi connectivity index (χ1v) is 23.2. The van der Waals surface area contributed by atoms with Gasteiger partial charge in [0.15, 0.2) is 6.17 Å². The summed E-state index contributed by atoms with van der Waals surface area (Å²) in [6.45, 7) is 9.30. The second-order valence-corrected chi connectivity index (χ2v) is 18.6. The van der Waals surface area contributed by atoms with E-state index in [2.05, 4.69) is 71.6 Å². The lowest BCUT2D eigenvalue weighted by molar-refractivity contribution is -0.199. The average Bonchev–Trinajstić information content (AvgIpc) is 3.65. The summed E-state index contributed by atoms with van der Waals surface area (Å²) in [6.07, 6.45) is 4.98. The predicted molar refractivity (Wildman–Crippen MR) is 248 cm³/mol. The lowest BCUT2D eigenvalue weighted by Gasteiger charge is -2.64. The average molecular weight is 903 g/mol. The molecule has 15 N–H and O–H groups in total. The van der Waals surface area contributed by atoms with Crippen LogP contribution < -0.4 is 55.3 Å². The van der Waals surface area contributed by atoms with Crippen molar-refractivity contribution in [1.29, 1.82) is 0 Å². The van der Waals surface area contributed by atoms with Gasteiger partial charge in [-0.25, -0.2) is 0 Å². The van der Waals surface area contributed by atoms with E-state index < -0.39 is 84.9 Å². The quantitative estimate of drug-likeness (QED) is 0.0379. The molecule has 356 valence electrons. The molecule has 19 heteroatoms. The Balaban J connectivity index is 1.19. The Hall–Kier alpha value is -4.92. The number of carbonyl (C=O) groups excluding carboxylic acids is 6. The molecule has 1 saturated heterocycles. The highest BCUT2D eigenvalue weighted by Gasteiger charge is 2.68. The molecule has 4 aliphatic rings. The molecule has 4 fully saturated rings. The highest BCUT2D eigenvalue weighted by Crippen LogP contribution is 2.65. The lowest BCUT2D eigenvalue weighted by atomic mass is 9.43. The van der Waals surface area contributed by atoms with Gasteiger partial charge in [0.2, 0.25) is 23.6 Å². The molecule has 2 aromatic rings. The molecule has 1 unspecified atom stereocenters. The zero-order chi connectivity index (χ0) is 47.5. The summed E-state index contributed by atoms with van der Waals surface area (Å²) in [7, 11) is -0.981. The molecule has 0 spiro atoms. The van der Waals surface area contributed by atoms with Gasteiger partial charge in [0.1, 0.15) is 24.2 Å². The summed E-state index contributed by atoms with van der Waals surface area (Å²) in [4.78, 5) is 79.9. The summed E-state index contributed by atoms with van der Waals surface area (Å²) in [5.74, 6) is -3.93. The van der Waals surface area contributed by atoms with Gasteiger partial charge in [-0.15, -0.1) is 0 Å². The molecular formula is C46H71BN10O8. The first-order valence-electron chi connectivity index (χ1n) is 23.2. The maximum absolute atomic E-state index is 13.9. The number of nitrogens with one attached hydrogen (secondary N) is 5. The second kappa shape index (κ2) is 23.0. The summed E-state index contributed by atoms with van der Waals surface area (Å²) < 4.78 is 12.5. The van der Waals surface area contributed by atoms with Crippen molar-refractivity contribution in [2.75, 3.05) is 13.1 Å². The van der Waals surface area contributed by atoms with E-state index in [9.17, 15) is 28.8 Å². The van der Waals surface area contributed by atoms with Crippen LogP contribution in [0.3, 0.4) is 0 Å². The standard InChI is InChI=1S/C46H71BN10O8/c1-5-6-11-27-14-16-28(17-15-27)29-18-20-30(21-19-29)39(59)53-32(12-7-9-22-48)40(60)54-33(13-8-10-23-49)41(61)56-38(51)43(63)55-34(26-37(50)58)42(62)57-44(52)47-64-36-25-31-24-35(45(31,2)3)46(36,4)65-47/h14-21,31-36,38,44H,5-13,22-26,48-49,51-52H2,1-4H3,(H2,50,58)(H,53,59)(H,54,60)(H,55,63)(H,56,61)(H,57,62)/t31-,32-,33-,34-,35-,36?,38+,44+,46-/m0/s1. The van der Waals surface area contributed by atoms with Crippen molar-refractivity contribution < 1.29 is 38.1 Å². The molecule has 6 rings (SSSR count). The Labute approximate surface area is 382 Å². The third kappa shape index (κ3) is 12.9. The predicted octanol–water partition coefficient (Wildman–Crippen LogP) is 0.967. The van der Waals surface area contributed by atoms with Crippen LogP contribution in [0.1, 0.15) is 114 Å². The summed E-state index contributed by atoms with van der Waals surface area (Å²) in [6, 6.07) is 10.5. The minimum atomic E-state index is -1.73. The number of rotatable bonds is 25. The van der Waals surface area contributed by atoms with E-state index in [0.717, 1.165) is 43.2 Å². The highest BCUT2D eigenvalue weighted by atomic mass is 16.7. The summed E-state index contributed by atoms with van der Waals surface area (Å²) in [5, 5.41) is 12.9. The first-order chi connectivity index (χ1) is 30.9. The van der Waals surface area contributed by atoms with Crippen LogP contribution in [0.15, 0.2) is 48.5 Å². The van der Waals surface area contributed by atoms with Crippen molar-refractivity contribution in [3.8, 4) is 11.1 Å². The topological polar surface area (TPSA) is 311 Å². The van der Waals surface area contributed by atoms with Gasteiger partial charge < -0.3 is 64.6 Å². The highest BCUT2D eigenvalue weighted by molar-refractivity contribution is 6.47. The van der Waals surface area contributed by atoms with Crippen molar-refractivity contribution in [2.24, 2.45) is 45.9 Å². The van der Waals surface area contributed by atoms with Crippen LogP contribution in [0.4, 0.5) is 0 Å². The van der Waals surface area contributed by atoms with Gasteiger partial charge in [0, 0.05) is 5.56 Å². The molecule has 65 heavy (non-hydrogen) atoms. The SMILES string of the molecule is CCCCc1ccc(-c2ccc(C(=O)N[C@@H](CCCCN)C(=O)N[C@@H](CCCCN)C(=O)N[C@@H](N)C(=O)N[C@@H](CC(N)=O)C(=O)N[C@@H](N)B3OC4C[C@@H]5C[C@@H](C5(C)C)[C@]4(C)O3)cc2)cc1. The Morgan fingerprint density at radius 1 is 0.708 bits per heavy atom. The van der Waals surface area contributed by atoms with E-state index in [1.54, 1.807) is 12.1 Å². The van der Waals surface area contributed by atoms with E-state index in [0.29, 0.717) is 50.3 Å². The fourth-order valence-corrected chi connectivity index (χ4v) is 9.47. The fourth-order valence-electron chi connectivity index (χ4n) is 9.47. The summed E-state index contributed by atoms with van der Waals surface area (Å²) >= 11 is 0. The molecule has 2 aromatic carbocycles. The maximum Gasteiger partial charge on any atom is 0.497 e. The zero-order valence-electron chi connectivity index (χ0n) is 38.4. The van der Waals surface area contributed by atoms with Crippen LogP contribution in [0.25, 0.3) is 11.1 Å². The number of carbonyl (C=O) groups is 6. The van der Waals surface area contributed by atoms with E-state index >= 15 is 0 Å². The van der Waals surface area contributed by atoms with Crippen LogP contribution in [0, 0.1) is 17.3 Å². The minimum Gasteiger partial charge on any atom is -0.403 e. The molecular weight excluding hydrogens is 831 g/mol. The molecule has 9 atom stereocenters. The number of aryl methyl sites for hydroxylation is 1. The molecule has 1 heterocycles. The molecule has 0 radical (unpaired) electrons. The van der Waals surface area contributed by atoms with Crippen molar-refractivity contribution >= 4 is 42.6 Å². The third-order valence-electron chi connectivity index (χ3n) is 13.6. The fraction of sp³-hybridized carbons (Fsp3) is 0.609. The normalized spacial score (nSPS) is 22.8. The van der Waals surface area contributed by atoms with Gasteiger partial charge in [0.05, 0.1) is 18.1 Å². The zero-order valence-corrected chi connectivity index (χ0v) is 38.4. The van der Waals surface area contributed by atoms with E-state index in [4.69, 9.17) is 38.0 Å². The maximum atomic E-state index is 13.9. The van der Waals surface area contributed by atoms with Crippen molar-refractivity contribution in [3.05, 3.63) is 59.7 Å². The molecule has 18 nitrogen and oxygen atoms in total. The number of benzene rings is 2.